The van der Waals surface area contributed by atoms with E-state index >= 15 is 0 Å². The van der Waals surface area contributed by atoms with Crippen molar-refractivity contribution in [2.75, 3.05) is 22.9 Å². The van der Waals surface area contributed by atoms with Crippen molar-refractivity contribution in [3.8, 4) is 5.88 Å². The minimum atomic E-state index is -1.45. The molecular weight excluding hydrogens is 450 g/mol. The third kappa shape index (κ3) is 3.52. The lowest BCUT2D eigenvalue weighted by Gasteiger charge is -2.38. The van der Waals surface area contributed by atoms with Gasteiger partial charge in [-0.25, -0.2) is 9.78 Å². The Bertz CT molecular complexity index is 1300. The largest absolute Gasteiger partial charge is 0.439 e. The van der Waals surface area contributed by atoms with Gasteiger partial charge in [0.1, 0.15) is 5.76 Å². The number of anilines is 2. The second-order valence-electron chi connectivity index (χ2n) is 8.65. The number of imide groups is 2. The second kappa shape index (κ2) is 8.05. The molecule has 0 bridgehead atoms. The third-order valence-electron chi connectivity index (χ3n) is 6.60. The van der Waals surface area contributed by atoms with Crippen LogP contribution >= 0.6 is 0 Å². The van der Waals surface area contributed by atoms with Gasteiger partial charge in [0.05, 0.1) is 11.9 Å². The van der Waals surface area contributed by atoms with Crippen molar-refractivity contribution < 1.29 is 19.1 Å². The summed E-state index contributed by atoms with van der Waals surface area (Å²) >= 11 is 0. The summed E-state index contributed by atoms with van der Waals surface area (Å²) in [4.78, 5) is 45.0. The van der Waals surface area contributed by atoms with Crippen LogP contribution in [0.1, 0.15) is 19.3 Å². The number of fused-ring (bicyclic) bond motifs is 1. The van der Waals surface area contributed by atoms with E-state index in [0.29, 0.717) is 43.3 Å². The average molecular weight is 471 g/mol. The summed E-state index contributed by atoms with van der Waals surface area (Å²) in [6, 6.07) is 6.45. The van der Waals surface area contributed by atoms with Crippen LogP contribution in [0.25, 0.3) is 0 Å². The van der Waals surface area contributed by atoms with Crippen molar-refractivity contribution in [3.63, 3.8) is 0 Å². The van der Waals surface area contributed by atoms with E-state index in [2.05, 4.69) is 36.9 Å². The number of amides is 4. The maximum Gasteiger partial charge on any atom is 0.328 e. The molecule has 2 aromatic heterocycles. The van der Waals surface area contributed by atoms with E-state index in [1.807, 2.05) is 24.3 Å². The van der Waals surface area contributed by atoms with Crippen LogP contribution in [0.2, 0.25) is 0 Å². The molecule has 0 unspecified atom stereocenters. The molecule has 2 saturated heterocycles. The number of urea groups is 1. The smallest absolute Gasteiger partial charge is 0.328 e. The van der Waals surface area contributed by atoms with E-state index in [4.69, 9.17) is 4.74 Å². The van der Waals surface area contributed by atoms with E-state index in [-0.39, 0.29) is 0 Å². The zero-order valence-electron chi connectivity index (χ0n) is 18.6. The third-order valence-corrected chi connectivity index (χ3v) is 6.60. The summed E-state index contributed by atoms with van der Waals surface area (Å²) in [6.07, 6.45) is 11.0. The highest BCUT2D eigenvalue weighted by atomic mass is 16.5. The maximum absolute atomic E-state index is 12.6. The van der Waals surface area contributed by atoms with Gasteiger partial charge in [-0.3, -0.25) is 20.2 Å². The van der Waals surface area contributed by atoms with E-state index in [1.165, 1.54) is 5.57 Å². The first kappa shape index (κ1) is 21.0. The molecule has 0 saturated carbocycles. The summed E-state index contributed by atoms with van der Waals surface area (Å²) in [5, 5.41) is 12.5. The molecule has 4 amide bonds. The maximum atomic E-state index is 12.6. The quantitative estimate of drug-likeness (QED) is 0.638. The number of aromatic nitrogens is 3. The van der Waals surface area contributed by atoms with Crippen molar-refractivity contribution in [2.45, 2.75) is 24.8 Å². The van der Waals surface area contributed by atoms with Gasteiger partial charge in [-0.2, -0.15) is 5.10 Å². The minimum absolute atomic E-state index is 0.318. The molecular formula is C24H21N7O4. The fourth-order valence-corrected chi connectivity index (χ4v) is 4.93. The first-order valence-electron chi connectivity index (χ1n) is 11.3. The Morgan fingerprint density at radius 3 is 2.66 bits per heavy atom. The zero-order chi connectivity index (χ0) is 24.0. The fourth-order valence-electron chi connectivity index (χ4n) is 4.93. The monoisotopic (exact) mass is 471 g/mol. The summed E-state index contributed by atoms with van der Waals surface area (Å²) in [7, 11) is 0. The molecule has 0 aromatic carbocycles. The van der Waals surface area contributed by atoms with Crippen molar-refractivity contribution in [1.29, 1.82) is 0 Å². The molecule has 176 valence electrons. The van der Waals surface area contributed by atoms with Crippen LogP contribution in [-0.4, -0.2) is 51.7 Å². The predicted octanol–water partition coefficient (Wildman–Crippen LogP) is 1.57. The number of barbiturate groups is 1. The molecule has 3 aliphatic heterocycles. The lowest BCUT2D eigenvalue weighted by molar-refractivity contribution is -0.137. The molecule has 6 rings (SSSR count). The standard InChI is InChI=1S/C24H21N7O4/c32-21-24(22(33)28-23(34)27-21)8-2-10-31(24)17-5-7-20(25-12-17)35-18-6-4-15-13-30(14-16(15)11-18)19-3-1-9-26-29-19/h1,3,5-7,9,11-13H,2,4,8,10,14H2,(H2,27,28,32,33,34). The van der Waals surface area contributed by atoms with Crippen LogP contribution in [0.4, 0.5) is 16.3 Å². The molecule has 11 nitrogen and oxygen atoms in total. The number of rotatable bonds is 4. The molecule has 35 heavy (non-hydrogen) atoms. The van der Waals surface area contributed by atoms with Gasteiger partial charge < -0.3 is 14.5 Å². The van der Waals surface area contributed by atoms with Gasteiger partial charge in [-0.1, -0.05) is 0 Å². The number of ether oxygens (including phenoxy) is 1. The van der Waals surface area contributed by atoms with Gasteiger partial charge in [0.15, 0.2) is 11.4 Å². The fraction of sp³-hybridized carbons (Fsp3) is 0.250. The molecule has 5 heterocycles. The van der Waals surface area contributed by atoms with Crippen molar-refractivity contribution in [2.24, 2.45) is 0 Å². The van der Waals surface area contributed by atoms with E-state index < -0.39 is 23.4 Å². The van der Waals surface area contributed by atoms with E-state index in [1.54, 1.807) is 29.4 Å². The SMILES string of the molecule is O=C1NC(=O)C2(CCCN2c2ccc(OC3=CCC4=CN(c5cccnn5)CC4=C3)nc2)C(=O)N1. The van der Waals surface area contributed by atoms with Crippen molar-refractivity contribution in [3.05, 3.63) is 71.9 Å². The number of hydrogen-bond acceptors (Lipinski definition) is 9. The number of hydrogen-bond donors (Lipinski definition) is 2. The normalized spacial score (nSPS) is 20.7. The number of allylic oxidation sites excluding steroid dienone is 2. The Morgan fingerprint density at radius 1 is 1.06 bits per heavy atom. The Morgan fingerprint density at radius 2 is 1.91 bits per heavy atom. The van der Waals surface area contributed by atoms with Crippen LogP contribution in [-0.2, 0) is 9.59 Å². The van der Waals surface area contributed by atoms with Gasteiger partial charge >= 0.3 is 6.03 Å². The van der Waals surface area contributed by atoms with Gasteiger partial charge in [-0.15, -0.1) is 5.10 Å². The summed E-state index contributed by atoms with van der Waals surface area (Å²) in [5.74, 6) is 0.659. The summed E-state index contributed by atoms with van der Waals surface area (Å²) in [5.41, 5.74) is 1.50. The van der Waals surface area contributed by atoms with Crippen molar-refractivity contribution in [1.82, 2.24) is 25.8 Å². The second-order valence-corrected chi connectivity index (χ2v) is 8.65. The van der Waals surface area contributed by atoms with Gasteiger partial charge in [0, 0.05) is 31.6 Å². The molecule has 11 heteroatoms. The first-order chi connectivity index (χ1) is 17.0. The molecule has 2 aromatic rings. The lowest BCUT2D eigenvalue weighted by Crippen LogP contribution is -2.71. The first-order valence-corrected chi connectivity index (χ1v) is 11.3. The molecule has 1 spiro atoms. The molecule has 0 radical (unpaired) electrons. The van der Waals surface area contributed by atoms with Gasteiger partial charge in [0.25, 0.3) is 11.8 Å². The van der Waals surface area contributed by atoms with Crippen LogP contribution < -0.4 is 25.2 Å². The highest BCUT2D eigenvalue weighted by Crippen LogP contribution is 2.37. The number of nitrogens with zero attached hydrogens (tertiary/aromatic N) is 5. The van der Waals surface area contributed by atoms with Crippen LogP contribution in [0.3, 0.4) is 0 Å². The van der Waals surface area contributed by atoms with Crippen LogP contribution in [0.5, 0.6) is 5.88 Å². The van der Waals surface area contributed by atoms with Gasteiger partial charge in [0.2, 0.25) is 5.88 Å². The predicted molar refractivity (Wildman–Crippen MR) is 124 cm³/mol. The molecule has 0 atom stereocenters. The van der Waals surface area contributed by atoms with E-state index in [0.717, 1.165) is 17.8 Å². The molecule has 1 aliphatic carbocycles. The highest BCUT2D eigenvalue weighted by Gasteiger charge is 2.57. The topological polar surface area (TPSA) is 130 Å². The number of carbonyl (C=O) groups excluding carboxylic acids is 3. The van der Waals surface area contributed by atoms with E-state index in [9.17, 15) is 14.4 Å². The average Bonchev–Trinajstić information content (AvgIpc) is 3.49. The van der Waals surface area contributed by atoms with Crippen LogP contribution in [0, 0.1) is 0 Å². The number of carbonyl (C=O) groups is 3. The minimum Gasteiger partial charge on any atom is -0.439 e. The molecule has 2 N–H and O–H groups in total. The molecule has 4 aliphatic rings. The molecule has 2 fully saturated rings. The Kier molecular flexibility index (Phi) is 4.83. The zero-order valence-corrected chi connectivity index (χ0v) is 18.6. The summed E-state index contributed by atoms with van der Waals surface area (Å²) in [6.45, 7) is 1.18. The van der Waals surface area contributed by atoms with Crippen LogP contribution in [0.15, 0.2) is 71.9 Å². The Hall–Kier alpha value is -4.54. The number of pyridine rings is 1. The lowest BCUT2D eigenvalue weighted by atomic mass is 9.92. The van der Waals surface area contributed by atoms with Gasteiger partial charge in [-0.05, 0) is 60.8 Å². The van der Waals surface area contributed by atoms with Crippen molar-refractivity contribution >= 4 is 29.4 Å². The number of nitrogens with one attached hydrogen (secondary N) is 2. The highest BCUT2D eigenvalue weighted by molar-refractivity contribution is 6.24. The Balaban J connectivity index is 1.16. The Labute approximate surface area is 200 Å². The summed E-state index contributed by atoms with van der Waals surface area (Å²) < 4.78 is 5.99.